The molecule has 0 saturated heterocycles. The van der Waals surface area contributed by atoms with Crippen molar-refractivity contribution in [1.29, 1.82) is 0 Å². The van der Waals surface area contributed by atoms with Gasteiger partial charge in [-0.25, -0.2) is 4.79 Å². The van der Waals surface area contributed by atoms with E-state index in [1.54, 1.807) is 12.4 Å². The number of carboxylic acid groups (broad SMARTS) is 1. The van der Waals surface area contributed by atoms with Crippen molar-refractivity contribution in [2.45, 2.75) is 26.3 Å². The summed E-state index contributed by atoms with van der Waals surface area (Å²) in [6.07, 6.45) is 5.55. The Morgan fingerprint density at radius 2 is 2.25 bits per heavy atom. The van der Waals surface area contributed by atoms with Gasteiger partial charge in [0.25, 0.3) is 0 Å². The van der Waals surface area contributed by atoms with Gasteiger partial charge in [0.2, 0.25) is 0 Å². The number of amides is 2. The predicted octanol–water partition coefficient (Wildman–Crippen LogP) is 1.40. The molecule has 1 aliphatic rings. The van der Waals surface area contributed by atoms with E-state index in [1.807, 2.05) is 13.0 Å². The van der Waals surface area contributed by atoms with Crippen LogP contribution in [0.25, 0.3) is 0 Å². The lowest BCUT2D eigenvalue weighted by molar-refractivity contribution is -0.137. The van der Waals surface area contributed by atoms with Crippen molar-refractivity contribution in [3.63, 3.8) is 0 Å². The minimum Gasteiger partial charge on any atom is -0.480 e. The molecule has 0 aliphatic heterocycles. The number of hydrogen-bond acceptors (Lipinski definition) is 3. The molecule has 1 aliphatic carbocycles. The quantitative estimate of drug-likeness (QED) is 0.823. The number of nitrogens with zero attached hydrogens (tertiary/aromatic N) is 2. The SMILES string of the molecule is Cc1ccncc1CNC(=O)N(CC(=O)O)CC1CC1. The summed E-state index contributed by atoms with van der Waals surface area (Å²) in [5.41, 5.74) is 1.98. The number of carbonyl (C=O) groups is 2. The third-order valence-corrected chi connectivity index (χ3v) is 3.37. The minimum absolute atomic E-state index is 0.256. The molecule has 2 amide bonds. The van der Waals surface area contributed by atoms with Gasteiger partial charge in [0, 0.05) is 25.5 Å². The van der Waals surface area contributed by atoms with Gasteiger partial charge in [0.05, 0.1) is 0 Å². The Hall–Kier alpha value is -2.11. The highest BCUT2D eigenvalue weighted by Crippen LogP contribution is 2.29. The average molecular weight is 277 g/mol. The number of aryl methyl sites for hydroxylation is 1. The minimum atomic E-state index is -0.988. The van der Waals surface area contributed by atoms with Gasteiger partial charge in [0.15, 0.2) is 0 Å². The van der Waals surface area contributed by atoms with Crippen molar-refractivity contribution in [3.8, 4) is 0 Å². The fourth-order valence-electron chi connectivity index (χ4n) is 1.96. The van der Waals surface area contributed by atoms with E-state index in [0.717, 1.165) is 24.0 Å². The highest BCUT2D eigenvalue weighted by molar-refractivity contribution is 5.80. The first-order chi connectivity index (χ1) is 9.56. The Labute approximate surface area is 117 Å². The van der Waals surface area contributed by atoms with Gasteiger partial charge in [-0.2, -0.15) is 0 Å². The number of pyridine rings is 1. The Morgan fingerprint density at radius 3 is 2.85 bits per heavy atom. The molecule has 6 heteroatoms. The Bertz CT molecular complexity index is 500. The second-order valence-corrected chi connectivity index (χ2v) is 5.18. The van der Waals surface area contributed by atoms with Crippen LogP contribution in [0.4, 0.5) is 4.79 Å². The standard InChI is InChI=1S/C14H19N3O3/c1-10-4-5-15-6-12(10)7-16-14(20)17(9-13(18)19)8-11-2-3-11/h4-6,11H,2-3,7-9H2,1H3,(H,16,20)(H,18,19). The molecule has 0 atom stereocenters. The fourth-order valence-corrected chi connectivity index (χ4v) is 1.96. The van der Waals surface area contributed by atoms with E-state index in [0.29, 0.717) is 19.0 Å². The highest BCUT2D eigenvalue weighted by Gasteiger charge is 2.27. The zero-order valence-corrected chi connectivity index (χ0v) is 11.5. The molecule has 0 radical (unpaired) electrons. The van der Waals surface area contributed by atoms with Crippen molar-refractivity contribution in [3.05, 3.63) is 29.6 Å². The number of carbonyl (C=O) groups excluding carboxylic acids is 1. The van der Waals surface area contributed by atoms with E-state index in [1.165, 1.54) is 4.90 Å². The molecule has 1 aromatic heterocycles. The maximum atomic E-state index is 12.1. The molecular formula is C14H19N3O3. The maximum Gasteiger partial charge on any atom is 0.323 e. The molecule has 2 N–H and O–H groups in total. The third kappa shape index (κ3) is 4.22. The van der Waals surface area contributed by atoms with E-state index < -0.39 is 5.97 Å². The molecule has 0 bridgehead atoms. The van der Waals surface area contributed by atoms with E-state index in [-0.39, 0.29) is 12.6 Å². The van der Waals surface area contributed by atoms with Crippen molar-refractivity contribution < 1.29 is 14.7 Å². The summed E-state index contributed by atoms with van der Waals surface area (Å²) < 4.78 is 0. The average Bonchev–Trinajstić information content (AvgIpc) is 3.20. The summed E-state index contributed by atoms with van der Waals surface area (Å²) >= 11 is 0. The van der Waals surface area contributed by atoms with Crippen molar-refractivity contribution in [2.75, 3.05) is 13.1 Å². The monoisotopic (exact) mass is 277 g/mol. The topological polar surface area (TPSA) is 82.5 Å². The third-order valence-electron chi connectivity index (χ3n) is 3.37. The fraction of sp³-hybridized carbons (Fsp3) is 0.500. The van der Waals surface area contributed by atoms with Crippen LogP contribution in [-0.4, -0.2) is 40.1 Å². The van der Waals surface area contributed by atoms with E-state index in [4.69, 9.17) is 5.11 Å². The summed E-state index contributed by atoms with van der Waals surface area (Å²) in [5, 5.41) is 11.6. The number of rotatable bonds is 6. The molecule has 0 spiro atoms. The molecule has 0 unspecified atom stereocenters. The second kappa shape index (κ2) is 6.36. The zero-order valence-electron chi connectivity index (χ0n) is 11.5. The smallest absolute Gasteiger partial charge is 0.323 e. The molecule has 2 rings (SSSR count). The first kappa shape index (κ1) is 14.3. The van der Waals surface area contributed by atoms with E-state index in [9.17, 15) is 9.59 Å². The lowest BCUT2D eigenvalue weighted by Crippen LogP contribution is -2.43. The van der Waals surface area contributed by atoms with Crippen LogP contribution in [0.1, 0.15) is 24.0 Å². The molecule has 6 nitrogen and oxygen atoms in total. The van der Waals surface area contributed by atoms with Crippen LogP contribution in [0.2, 0.25) is 0 Å². The Morgan fingerprint density at radius 1 is 1.50 bits per heavy atom. The summed E-state index contributed by atoms with van der Waals surface area (Å²) in [4.78, 5) is 28.3. The number of nitrogens with one attached hydrogen (secondary N) is 1. The first-order valence-electron chi connectivity index (χ1n) is 6.70. The number of aliphatic carboxylic acids is 1. The van der Waals surface area contributed by atoms with E-state index >= 15 is 0 Å². The largest absolute Gasteiger partial charge is 0.480 e. The first-order valence-corrected chi connectivity index (χ1v) is 6.70. The van der Waals surface area contributed by atoms with Crippen LogP contribution in [0.3, 0.4) is 0 Å². The number of urea groups is 1. The van der Waals surface area contributed by atoms with Gasteiger partial charge in [-0.3, -0.25) is 9.78 Å². The van der Waals surface area contributed by atoms with Gasteiger partial charge in [-0.05, 0) is 42.9 Å². The second-order valence-electron chi connectivity index (χ2n) is 5.18. The molecule has 1 saturated carbocycles. The molecular weight excluding hydrogens is 258 g/mol. The number of aromatic nitrogens is 1. The van der Waals surface area contributed by atoms with Gasteiger partial charge in [0.1, 0.15) is 6.54 Å². The number of hydrogen-bond donors (Lipinski definition) is 2. The van der Waals surface area contributed by atoms with Crippen LogP contribution in [-0.2, 0) is 11.3 Å². The Balaban J connectivity index is 1.90. The lowest BCUT2D eigenvalue weighted by atomic mass is 10.2. The zero-order chi connectivity index (χ0) is 14.5. The van der Waals surface area contributed by atoms with Gasteiger partial charge in [-0.1, -0.05) is 0 Å². The van der Waals surface area contributed by atoms with Crippen molar-refractivity contribution in [1.82, 2.24) is 15.2 Å². The van der Waals surface area contributed by atoms with Gasteiger partial charge in [-0.15, -0.1) is 0 Å². The van der Waals surface area contributed by atoms with Crippen molar-refractivity contribution >= 4 is 12.0 Å². The molecule has 108 valence electrons. The number of carboxylic acids is 1. The maximum absolute atomic E-state index is 12.1. The van der Waals surface area contributed by atoms with Crippen LogP contribution in [0, 0.1) is 12.8 Å². The summed E-state index contributed by atoms with van der Waals surface area (Å²) in [7, 11) is 0. The Kier molecular flexibility index (Phi) is 4.55. The molecule has 1 aromatic rings. The van der Waals surface area contributed by atoms with Crippen molar-refractivity contribution in [2.24, 2.45) is 5.92 Å². The summed E-state index contributed by atoms with van der Waals surface area (Å²) in [5.74, 6) is -0.529. The van der Waals surface area contributed by atoms with Gasteiger partial charge >= 0.3 is 12.0 Å². The normalized spacial score (nSPS) is 13.8. The van der Waals surface area contributed by atoms with Crippen LogP contribution < -0.4 is 5.32 Å². The molecule has 1 heterocycles. The summed E-state index contributed by atoms with van der Waals surface area (Å²) in [6.45, 7) is 2.57. The predicted molar refractivity (Wildman–Crippen MR) is 73.1 cm³/mol. The summed E-state index contributed by atoms with van der Waals surface area (Å²) in [6, 6.07) is 1.54. The van der Waals surface area contributed by atoms with Crippen LogP contribution in [0.5, 0.6) is 0 Å². The molecule has 20 heavy (non-hydrogen) atoms. The van der Waals surface area contributed by atoms with Gasteiger partial charge < -0.3 is 15.3 Å². The highest BCUT2D eigenvalue weighted by atomic mass is 16.4. The van der Waals surface area contributed by atoms with Crippen LogP contribution >= 0.6 is 0 Å². The van der Waals surface area contributed by atoms with E-state index in [2.05, 4.69) is 10.3 Å². The lowest BCUT2D eigenvalue weighted by Gasteiger charge is -2.21. The van der Waals surface area contributed by atoms with Crippen LogP contribution in [0.15, 0.2) is 18.5 Å². The molecule has 1 fully saturated rings. The molecule has 0 aromatic carbocycles.